The minimum absolute atomic E-state index is 0.107. The van der Waals surface area contributed by atoms with Crippen LogP contribution in [0.25, 0.3) is 0 Å². The molecule has 3 amide bonds. The van der Waals surface area contributed by atoms with E-state index in [1.807, 2.05) is 31.2 Å². The Balaban J connectivity index is 2.10. The second-order valence-corrected chi connectivity index (χ2v) is 3.95. The summed E-state index contributed by atoms with van der Waals surface area (Å²) >= 11 is 0. The van der Waals surface area contributed by atoms with Crippen LogP contribution in [0.4, 0.5) is 4.79 Å². The first-order valence-electron chi connectivity index (χ1n) is 5.30. The molecule has 1 fully saturated rings. The Morgan fingerprint density at radius 3 is 2.56 bits per heavy atom. The van der Waals surface area contributed by atoms with Gasteiger partial charge in [-0.3, -0.25) is 9.69 Å². The second kappa shape index (κ2) is 4.35. The summed E-state index contributed by atoms with van der Waals surface area (Å²) in [6, 6.07) is 7.52. The molecule has 0 atom stereocenters. The van der Waals surface area contributed by atoms with Gasteiger partial charge in [0.25, 0.3) is 0 Å². The smallest absolute Gasteiger partial charge is 0.324 e. The molecule has 0 unspecified atom stereocenters. The Kier molecular flexibility index (Phi) is 2.90. The third kappa shape index (κ3) is 2.21. The van der Waals surface area contributed by atoms with Gasteiger partial charge in [-0.25, -0.2) is 4.79 Å². The lowest BCUT2D eigenvalue weighted by atomic mass is 10.1. The fourth-order valence-electron chi connectivity index (χ4n) is 1.66. The highest BCUT2D eigenvalue weighted by molar-refractivity contribution is 5.96. The van der Waals surface area contributed by atoms with E-state index in [0.717, 1.165) is 11.1 Å². The maximum atomic E-state index is 11.5. The molecular weight excluding hydrogens is 204 g/mol. The van der Waals surface area contributed by atoms with Gasteiger partial charge < -0.3 is 5.32 Å². The van der Waals surface area contributed by atoms with E-state index in [9.17, 15) is 9.59 Å². The van der Waals surface area contributed by atoms with Crippen LogP contribution in [0.5, 0.6) is 0 Å². The van der Waals surface area contributed by atoms with E-state index in [-0.39, 0.29) is 11.9 Å². The van der Waals surface area contributed by atoms with Crippen molar-refractivity contribution >= 4 is 11.9 Å². The van der Waals surface area contributed by atoms with E-state index >= 15 is 0 Å². The summed E-state index contributed by atoms with van der Waals surface area (Å²) in [6.07, 6.45) is 0.387. The highest BCUT2D eigenvalue weighted by atomic mass is 16.2. The molecular formula is C12H14N2O2. The molecule has 0 saturated carbocycles. The van der Waals surface area contributed by atoms with Crippen molar-refractivity contribution in [1.82, 2.24) is 10.2 Å². The third-order valence-corrected chi connectivity index (χ3v) is 2.62. The van der Waals surface area contributed by atoms with E-state index in [1.165, 1.54) is 4.90 Å². The molecule has 0 radical (unpaired) electrons. The number of urea groups is 1. The first-order chi connectivity index (χ1) is 7.66. The predicted molar refractivity (Wildman–Crippen MR) is 59.7 cm³/mol. The van der Waals surface area contributed by atoms with Crippen molar-refractivity contribution in [3.8, 4) is 0 Å². The summed E-state index contributed by atoms with van der Waals surface area (Å²) in [5.41, 5.74) is 2.13. The van der Waals surface area contributed by atoms with Crippen molar-refractivity contribution in [1.29, 1.82) is 0 Å². The standard InChI is InChI=1S/C12H14N2O2/c1-9-2-4-10(5-3-9)8-14-11(15)6-7-13-12(14)16/h2-5H,6-8H2,1H3,(H,13,16). The average molecular weight is 218 g/mol. The molecule has 1 saturated heterocycles. The molecule has 4 nitrogen and oxygen atoms in total. The number of imide groups is 1. The molecule has 1 aliphatic heterocycles. The number of benzene rings is 1. The van der Waals surface area contributed by atoms with E-state index < -0.39 is 0 Å². The maximum Gasteiger partial charge on any atom is 0.324 e. The molecule has 1 heterocycles. The summed E-state index contributed by atoms with van der Waals surface area (Å²) in [5.74, 6) is -0.107. The average Bonchev–Trinajstić information content (AvgIpc) is 2.26. The molecule has 0 bridgehead atoms. The number of aryl methyl sites for hydroxylation is 1. The SMILES string of the molecule is Cc1ccc(CN2C(=O)CCNC2=O)cc1. The summed E-state index contributed by atoms with van der Waals surface area (Å²) < 4.78 is 0. The third-order valence-electron chi connectivity index (χ3n) is 2.62. The summed E-state index contributed by atoms with van der Waals surface area (Å²) in [7, 11) is 0. The van der Waals surface area contributed by atoms with E-state index in [1.54, 1.807) is 0 Å². The van der Waals surface area contributed by atoms with Gasteiger partial charge in [-0.15, -0.1) is 0 Å². The molecule has 0 spiro atoms. The van der Waals surface area contributed by atoms with Gasteiger partial charge in [0.05, 0.1) is 6.54 Å². The minimum atomic E-state index is -0.295. The van der Waals surface area contributed by atoms with E-state index in [4.69, 9.17) is 0 Å². The minimum Gasteiger partial charge on any atom is -0.337 e. The molecule has 2 rings (SSSR count). The largest absolute Gasteiger partial charge is 0.337 e. The first kappa shape index (κ1) is 10.7. The van der Waals surface area contributed by atoms with Gasteiger partial charge in [-0.1, -0.05) is 29.8 Å². The number of rotatable bonds is 2. The first-order valence-corrected chi connectivity index (χ1v) is 5.30. The van der Waals surface area contributed by atoms with Crippen LogP contribution in [-0.4, -0.2) is 23.4 Å². The Hall–Kier alpha value is -1.84. The fraction of sp³-hybridized carbons (Fsp3) is 0.333. The molecule has 84 valence electrons. The zero-order chi connectivity index (χ0) is 11.5. The topological polar surface area (TPSA) is 49.4 Å². The molecule has 1 aromatic rings. The second-order valence-electron chi connectivity index (χ2n) is 3.95. The molecule has 0 aliphatic carbocycles. The van der Waals surface area contributed by atoms with Gasteiger partial charge in [0.1, 0.15) is 0 Å². The molecule has 0 aromatic heterocycles. The Labute approximate surface area is 94.2 Å². The van der Waals surface area contributed by atoms with Crippen molar-refractivity contribution in [3.63, 3.8) is 0 Å². The Morgan fingerprint density at radius 1 is 1.25 bits per heavy atom. The summed E-state index contributed by atoms with van der Waals surface area (Å²) in [6.45, 7) is 2.80. The van der Waals surface area contributed by atoms with Crippen LogP contribution >= 0.6 is 0 Å². The lowest BCUT2D eigenvalue weighted by molar-refractivity contribution is -0.129. The number of nitrogens with one attached hydrogen (secondary N) is 1. The number of carbonyl (C=O) groups excluding carboxylic acids is 2. The van der Waals surface area contributed by atoms with Gasteiger partial charge in [-0.05, 0) is 12.5 Å². The summed E-state index contributed by atoms with van der Waals surface area (Å²) in [4.78, 5) is 24.3. The molecule has 16 heavy (non-hydrogen) atoms. The highest BCUT2D eigenvalue weighted by Gasteiger charge is 2.25. The quantitative estimate of drug-likeness (QED) is 0.816. The molecule has 1 N–H and O–H groups in total. The van der Waals surface area contributed by atoms with Crippen LogP contribution < -0.4 is 5.32 Å². The van der Waals surface area contributed by atoms with Gasteiger partial charge in [0, 0.05) is 13.0 Å². The van der Waals surface area contributed by atoms with Gasteiger partial charge in [0.15, 0.2) is 0 Å². The highest BCUT2D eigenvalue weighted by Crippen LogP contribution is 2.10. The van der Waals surface area contributed by atoms with Crippen LogP contribution in [0, 0.1) is 6.92 Å². The van der Waals surface area contributed by atoms with E-state index in [2.05, 4.69) is 5.32 Å². The molecule has 1 aliphatic rings. The van der Waals surface area contributed by atoms with Crippen molar-refractivity contribution in [2.75, 3.05) is 6.54 Å². The van der Waals surface area contributed by atoms with Crippen LogP contribution in [-0.2, 0) is 11.3 Å². The van der Waals surface area contributed by atoms with Crippen LogP contribution in [0.2, 0.25) is 0 Å². The monoisotopic (exact) mass is 218 g/mol. The number of carbonyl (C=O) groups is 2. The van der Waals surface area contributed by atoms with E-state index in [0.29, 0.717) is 19.5 Å². The van der Waals surface area contributed by atoms with Crippen molar-refractivity contribution in [2.45, 2.75) is 19.9 Å². The van der Waals surface area contributed by atoms with Crippen LogP contribution in [0.1, 0.15) is 17.5 Å². The predicted octanol–water partition coefficient (Wildman–Crippen LogP) is 1.44. The number of hydrogen-bond acceptors (Lipinski definition) is 2. The van der Waals surface area contributed by atoms with Gasteiger partial charge >= 0.3 is 6.03 Å². The van der Waals surface area contributed by atoms with Gasteiger partial charge in [-0.2, -0.15) is 0 Å². The van der Waals surface area contributed by atoms with Crippen LogP contribution in [0.3, 0.4) is 0 Å². The van der Waals surface area contributed by atoms with Gasteiger partial charge in [0.2, 0.25) is 5.91 Å². The zero-order valence-electron chi connectivity index (χ0n) is 9.19. The normalized spacial score (nSPS) is 16.2. The number of amides is 3. The van der Waals surface area contributed by atoms with Crippen molar-refractivity contribution in [3.05, 3.63) is 35.4 Å². The van der Waals surface area contributed by atoms with Crippen molar-refractivity contribution < 1.29 is 9.59 Å². The number of nitrogens with zero attached hydrogens (tertiary/aromatic N) is 1. The maximum absolute atomic E-state index is 11.5. The van der Waals surface area contributed by atoms with Crippen molar-refractivity contribution in [2.24, 2.45) is 0 Å². The Morgan fingerprint density at radius 2 is 1.94 bits per heavy atom. The molecule has 4 heteroatoms. The molecule has 1 aromatic carbocycles. The lowest BCUT2D eigenvalue weighted by Crippen LogP contribution is -2.49. The fourth-order valence-corrected chi connectivity index (χ4v) is 1.66. The zero-order valence-corrected chi connectivity index (χ0v) is 9.19. The van der Waals surface area contributed by atoms with Crippen LogP contribution in [0.15, 0.2) is 24.3 Å². The summed E-state index contributed by atoms with van der Waals surface area (Å²) in [5, 5.41) is 2.66. The lowest BCUT2D eigenvalue weighted by Gasteiger charge is -2.25. The Bertz CT molecular complexity index is 396. The number of hydrogen-bond donors (Lipinski definition) is 1.